The van der Waals surface area contributed by atoms with Gasteiger partial charge in [-0.25, -0.2) is 0 Å². The molecule has 0 spiro atoms. The van der Waals surface area contributed by atoms with Crippen molar-refractivity contribution in [3.8, 4) is 11.8 Å². The average Bonchev–Trinajstić information content (AvgIpc) is 2.38. The largest absolute Gasteiger partial charge is 0.493 e. The summed E-state index contributed by atoms with van der Waals surface area (Å²) >= 11 is 0. The van der Waals surface area contributed by atoms with Crippen LogP contribution in [0, 0.1) is 11.3 Å². The highest BCUT2D eigenvalue weighted by Gasteiger charge is 2.24. The van der Waals surface area contributed by atoms with Gasteiger partial charge in [0.15, 0.2) is 0 Å². The van der Waals surface area contributed by atoms with Gasteiger partial charge in [0.1, 0.15) is 11.3 Å². The number of hydrogen-bond donors (Lipinski definition) is 1. The first-order chi connectivity index (χ1) is 9.00. The lowest BCUT2D eigenvalue weighted by atomic mass is 9.99. The molecule has 1 rings (SSSR count). The third kappa shape index (κ3) is 4.92. The summed E-state index contributed by atoms with van der Waals surface area (Å²) in [7, 11) is 0. The van der Waals surface area contributed by atoms with Gasteiger partial charge in [-0.05, 0) is 38.8 Å². The van der Waals surface area contributed by atoms with Gasteiger partial charge in [0.2, 0.25) is 0 Å². The second kappa shape index (κ2) is 7.16. The van der Waals surface area contributed by atoms with Gasteiger partial charge in [0.25, 0.3) is 0 Å². The number of nitriles is 1. The first-order valence-electron chi connectivity index (χ1n) is 6.90. The molecule has 1 N–H and O–H groups in total. The molecule has 0 aromatic heterocycles. The Kier molecular flexibility index (Phi) is 5.85. The van der Waals surface area contributed by atoms with E-state index in [0.717, 1.165) is 12.2 Å². The van der Waals surface area contributed by atoms with Gasteiger partial charge in [-0.15, -0.1) is 0 Å². The lowest BCUT2D eigenvalue weighted by molar-refractivity contribution is 0.258. The Balaban J connectivity index is 2.55. The zero-order valence-corrected chi connectivity index (χ0v) is 12.4. The molecule has 0 radical (unpaired) electrons. The van der Waals surface area contributed by atoms with Crippen molar-refractivity contribution in [3.05, 3.63) is 29.8 Å². The van der Waals surface area contributed by atoms with Crippen molar-refractivity contribution in [3.63, 3.8) is 0 Å². The fraction of sp³-hybridized carbons (Fsp3) is 0.562. The number of hydrogen-bond acceptors (Lipinski definition) is 3. The summed E-state index contributed by atoms with van der Waals surface area (Å²) in [5, 5.41) is 12.5. The molecule has 0 aliphatic heterocycles. The molecule has 0 bridgehead atoms. The Morgan fingerprint density at radius 1 is 1.37 bits per heavy atom. The first-order valence-corrected chi connectivity index (χ1v) is 6.90. The van der Waals surface area contributed by atoms with E-state index >= 15 is 0 Å². The van der Waals surface area contributed by atoms with Crippen LogP contribution < -0.4 is 10.1 Å². The van der Waals surface area contributed by atoms with Crippen LogP contribution in [0.3, 0.4) is 0 Å². The van der Waals surface area contributed by atoms with Crippen molar-refractivity contribution in [2.24, 2.45) is 0 Å². The lowest BCUT2D eigenvalue weighted by Gasteiger charge is -2.26. The van der Waals surface area contributed by atoms with E-state index < -0.39 is 5.54 Å². The Hall–Kier alpha value is -1.53. The molecule has 0 saturated carbocycles. The number of nitrogens with zero attached hydrogens (tertiary/aromatic N) is 1. The van der Waals surface area contributed by atoms with Gasteiger partial charge in [-0.2, -0.15) is 5.26 Å². The Labute approximate surface area is 116 Å². The Morgan fingerprint density at radius 3 is 2.63 bits per heavy atom. The third-order valence-electron chi connectivity index (χ3n) is 3.07. The van der Waals surface area contributed by atoms with Gasteiger partial charge >= 0.3 is 0 Å². The number of aryl methyl sites for hydroxylation is 1. The summed E-state index contributed by atoms with van der Waals surface area (Å²) in [5.74, 6) is 0.926. The number of rotatable bonds is 7. The monoisotopic (exact) mass is 260 g/mol. The summed E-state index contributed by atoms with van der Waals surface area (Å²) in [6, 6.07) is 10.7. The molecule has 104 valence electrons. The predicted octanol–water partition coefficient (Wildman–Crippen LogP) is 3.30. The number of nitrogens with one attached hydrogen (secondary N) is 1. The van der Waals surface area contributed by atoms with Crippen LogP contribution in [0.5, 0.6) is 5.75 Å². The summed E-state index contributed by atoms with van der Waals surface area (Å²) in [5.41, 5.74) is 0.674. The zero-order valence-electron chi connectivity index (χ0n) is 12.4. The van der Waals surface area contributed by atoms with E-state index in [4.69, 9.17) is 4.74 Å². The molecule has 0 amide bonds. The number of ether oxygens (including phenoxy) is 1. The third-order valence-corrected chi connectivity index (χ3v) is 3.07. The van der Waals surface area contributed by atoms with Crippen LogP contribution in [0.25, 0.3) is 0 Å². The molecule has 3 heteroatoms. The molecular weight excluding hydrogens is 236 g/mol. The van der Waals surface area contributed by atoms with Crippen molar-refractivity contribution >= 4 is 0 Å². The van der Waals surface area contributed by atoms with Crippen molar-refractivity contribution < 1.29 is 4.74 Å². The molecular formula is C16H24N2O. The smallest absolute Gasteiger partial charge is 0.122 e. The van der Waals surface area contributed by atoms with Gasteiger partial charge in [-0.3, -0.25) is 5.32 Å². The topological polar surface area (TPSA) is 45.0 Å². The number of para-hydroxylation sites is 1. The van der Waals surface area contributed by atoms with E-state index in [1.54, 1.807) is 0 Å². The fourth-order valence-electron chi connectivity index (χ4n) is 2.10. The minimum atomic E-state index is -0.532. The summed E-state index contributed by atoms with van der Waals surface area (Å²) in [6.07, 6.45) is 1.62. The van der Waals surface area contributed by atoms with E-state index in [9.17, 15) is 5.26 Å². The molecule has 0 aliphatic carbocycles. The average molecular weight is 260 g/mol. The van der Waals surface area contributed by atoms with Crippen molar-refractivity contribution in [2.75, 3.05) is 6.61 Å². The summed E-state index contributed by atoms with van der Waals surface area (Å²) < 4.78 is 5.82. The van der Waals surface area contributed by atoms with Crippen LogP contribution in [0.1, 0.15) is 39.7 Å². The molecule has 1 aromatic rings. The van der Waals surface area contributed by atoms with Crippen molar-refractivity contribution in [1.29, 1.82) is 5.26 Å². The van der Waals surface area contributed by atoms with E-state index in [1.807, 2.05) is 39.0 Å². The van der Waals surface area contributed by atoms with Gasteiger partial charge in [0, 0.05) is 12.5 Å². The molecule has 1 aromatic carbocycles. The maximum Gasteiger partial charge on any atom is 0.122 e. The fourth-order valence-corrected chi connectivity index (χ4v) is 2.10. The lowest BCUT2D eigenvalue weighted by Crippen LogP contribution is -2.45. The van der Waals surface area contributed by atoms with Crippen LogP contribution in [-0.2, 0) is 6.42 Å². The Morgan fingerprint density at radius 2 is 2.05 bits per heavy atom. The summed E-state index contributed by atoms with van der Waals surface area (Å²) in [6.45, 7) is 8.66. The standard InChI is InChI=1S/C16H24N2O/c1-5-14-8-6-7-9-15(14)19-11-10-16(4,12-17)18-13(2)3/h6-9,13,18H,5,10-11H2,1-4H3. The second-order valence-electron chi connectivity index (χ2n) is 5.30. The van der Waals surface area contributed by atoms with E-state index in [2.05, 4.69) is 24.4 Å². The molecule has 0 aliphatic rings. The zero-order chi connectivity index (χ0) is 14.3. The minimum absolute atomic E-state index is 0.285. The van der Waals surface area contributed by atoms with E-state index in [0.29, 0.717) is 13.0 Å². The second-order valence-corrected chi connectivity index (χ2v) is 5.30. The molecule has 3 nitrogen and oxygen atoms in total. The molecule has 1 atom stereocenters. The van der Waals surface area contributed by atoms with Crippen LogP contribution in [0.15, 0.2) is 24.3 Å². The van der Waals surface area contributed by atoms with Crippen molar-refractivity contribution in [2.45, 2.75) is 52.1 Å². The van der Waals surface area contributed by atoms with Crippen LogP contribution in [0.4, 0.5) is 0 Å². The maximum absolute atomic E-state index is 9.26. The van der Waals surface area contributed by atoms with Crippen LogP contribution in [0.2, 0.25) is 0 Å². The summed E-state index contributed by atoms with van der Waals surface area (Å²) in [4.78, 5) is 0. The SMILES string of the molecule is CCc1ccccc1OCCC(C)(C#N)NC(C)C. The van der Waals surface area contributed by atoms with E-state index in [1.165, 1.54) is 5.56 Å². The molecule has 19 heavy (non-hydrogen) atoms. The number of benzene rings is 1. The maximum atomic E-state index is 9.26. The van der Waals surface area contributed by atoms with E-state index in [-0.39, 0.29) is 6.04 Å². The van der Waals surface area contributed by atoms with Gasteiger partial charge < -0.3 is 4.74 Å². The molecule has 1 unspecified atom stereocenters. The molecule has 0 fully saturated rings. The minimum Gasteiger partial charge on any atom is -0.493 e. The first kappa shape index (κ1) is 15.5. The quantitative estimate of drug-likeness (QED) is 0.818. The Bertz CT molecular complexity index is 437. The van der Waals surface area contributed by atoms with Crippen LogP contribution >= 0.6 is 0 Å². The highest BCUT2D eigenvalue weighted by atomic mass is 16.5. The van der Waals surface area contributed by atoms with Gasteiger partial charge in [0.05, 0.1) is 12.7 Å². The highest BCUT2D eigenvalue weighted by molar-refractivity contribution is 5.33. The molecule has 0 heterocycles. The van der Waals surface area contributed by atoms with Crippen LogP contribution in [-0.4, -0.2) is 18.2 Å². The van der Waals surface area contributed by atoms with Gasteiger partial charge in [-0.1, -0.05) is 25.1 Å². The predicted molar refractivity (Wildman–Crippen MR) is 78.2 cm³/mol. The van der Waals surface area contributed by atoms with Crippen molar-refractivity contribution in [1.82, 2.24) is 5.32 Å². The highest BCUT2D eigenvalue weighted by Crippen LogP contribution is 2.19. The normalized spacial score (nSPS) is 13.9. The molecule has 0 saturated heterocycles.